The topological polar surface area (TPSA) is 91.6 Å². The highest BCUT2D eigenvalue weighted by molar-refractivity contribution is 5.97. The fourth-order valence-corrected chi connectivity index (χ4v) is 2.55. The molecule has 1 aliphatic heterocycles. The van der Waals surface area contributed by atoms with E-state index in [1.165, 1.54) is 6.07 Å². The first-order chi connectivity index (χ1) is 10.0. The van der Waals surface area contributed by atoms with Crippen LogP contribution in [0.15, 0.2) is 33.5 Å². The molecule has 1 aromatic heterocycles. The van der Waals surface area contributed by atoms with Gasteiger partial charge in [0.15, 0.2) is 0 Å². The lowest BCUT2D eigenvalue weighted by Crippen LogP contribution is -2.35. The molecule has 0 saturated carbocycles. The van der Waals surface area contributed by atoms with Gasteiger partial charge < -0.3 is 20.2 Å². The molecule has 6 nitrogen and oxygen atoms in total. The summed E-state index contributed by atoms with van der Waals surface area (Å²) in [6.07, 6.45) is -0.0915. The fraction of sp³-hybridized carbons (Fsp3) is 0.333. The van der Waals surface area contributed by atoms with Crippen LogP contribution in [0.3, 0.4) is 0 Å². The molecule has 1 saturated heterocycles. The first-order valence-electron chi connectivity index (χ1n) is 6.80. The van der Waals surface area contributed by atoms with Crippen LogP contribution >= 0.6 is 0 Å². The molecular formula is C15H16N2O4. The summed E-state index contributed by atoms with van der Waals surface area (Å²) in [5, 5.41) is 16.0. The lowest BCUT2D eigenvalue weighted by atomic mass is 10.1. The van der Waals surface area contributed by atoms with Crippen molar-refractivity contribution in [2.75, 3.05) is 11.9 Å². The van der Waals surface area contributed by atoms with Crippen molar-refractivity contribution in [1.82, 2.24) is 5.32 Å². The quantitative estimate of drug-likeness (QED) is 0.710. The van der Waals surface area contributed by atoms with Crippen LogP contribution < -0.4 is 16.3 Å². The molecule has 1 fully saturated rings. The second kappa shape index (κ2) is 5.31. The zero-order valence-corrected chi connectivity index (χ0v) is 11.6. The van der Waals surface area contributed by atoms with Gasteiger partial charge >= 0.3 is 5.63 Å². The highest BCUT2D eigenvalue weighted by Crippen LogP contribution is 2.21. The number of β-amino-alcohol motifs (C(OH)–C–C–N with tert-alkyl or cyclic N) is 1. The zero-order chi connectivity index (χ0) is 15.0. The molecule has 1 amide bonds. The maximum absolute atomic E-state index is 12.1. The third-order valence-electron chi connectivity index (χ3n) is 3.64. The molecule has 0 radical (unpaired) electrons. The number of carbonyl (C=O) groups excluding carboxylic acids is 1. The number of nitrogens with one attached hydrogen (secondary N) is 2. The number of anilines is 1. The summed E-state index contributed by atoms with van der Waals surface area (Å²) in [5.41, 5.74) is 1.42. The average molecular weight is 288 g/mol. The van der Waals surface area contributed by atoms with Crippen LogP contribution in [0.2, 0.25) is 0 Å². The highest BCUT2D eigenvalue weighted by atomic mass is 16.4. The largest absolute Gasteiger partial charge is 0.423 e. The number of aliphatic hydroxyl groups is 1. The minimum absolute atomic E-state index is 0.207. The van der Waals surface area contributed by atoms with Gasteiger partial charge in [0.2, 0.25) is 5.91 Å². The molecule has 1 aliphatic rings. The second-order valence-corrected chi connectivity index (χ2v) is 5.30. The molecule has 2 aromatic rings. The number of fused-ring (bicyclic) bond motifs is 1. The van der Waals surface area contributed by atoms with E-state index in [2.05, 4.69) is 10.6 Å². The summed E-state index contributed by atoms with van der Waals surface area (Å²) in [7, 11) is 0. The predicted octanol–water partition coefficient (Wildman–Crippen LogP) is 0.763. The standard InChI is InChI=1S/C15H16N2O4/c1-8-4-14(19)21-13-5-9(2-3-11(8)13)17-15(20)12-6-10(18)7-16-12/h2-5,10,12,16,18H,6-7H2,1H3,(H,17,20)/t10-,12+/m0/s1. The van der Waals surface area contributed by atoms with Gasteiger partial charge in [0.05, 0.1) is 12.1 Å². The van der Waals surface area contributed by atoms with Crippen LogP contribution in [-0.2, 0) is 4.79 Å². The second-order valence-electron chi connectivity index (χ2n) is 5.30. The zero-order valence-electron chi connectivity index (χ0n) is 11.6. The van der Waals surface area contributed by atoms with Crippen LogP contribution in [-0.4, -0.2) is 29.7 Å². The minimum atomic E-state index is -0.488. The number of aliphatic hydroxyl groups excluding tert-OH is 1. The summed E-state index contributed by atoms with van der Waals surface area (Å²) in [6, 6.07) is 6.23. The molecule has 0 bridgehead atoms. The number of amides is 1. The fourth-order valence-electron chi connectivity index (χ4n) is 2.55. The smallest absolute Gasteiger partial charge is 0.336 e. The van der Waals surface area contributed by atoms with Gasteiger partial charge in [-0.1, -0.05) is 0 Å². The van der Waals surface area contributed by atoms with Crippen LogP contribution in [0.25, 0.3) is 11.0 Å². The Hall–Kier alpha value is -2.18. The minimum Gasteiger partial charge on any atom is -0.423 e. The van der Waals surface area contributed by atoms with Gasteiger partial charge in [-0.15, -0.1) is 0 Å². The molecule has 2 heterocycles. The van der Waals surface area contributed by atoms with Crippen LogP contribution in [0.5, 0.6) is 0 Å². The van der Waals surface area contributed by atoms with Crippen LogP contribution in [0.4, 0.5) is 5.69 Å². The van der Waals surface area contributed by atoms with E-state index in [9.17, 15) is 14.7 Å². The van der Waals surface area contributed by atoms with E-state index in [4.69, 9.17) is 4.42 Å². The Labute approximate surface area is 120 Å². The Morgan fingerprint density at radius 3 is 2.95 bits per heavy atom. The van der Waals surface area contributed by atoms with Crippen molar-refractivity contribution in [2.45, 2.75) is 25.5 Å². The van der Waals surface area contributed by atoms with E-state index in [1.807, 2.05) is 6.92 Å². The lowest BCUT2D eigenvalue weighted by Gasteiger charge is -2.11. The number of rotatable bonds is 2. The Bertz CT molecular complexity index is 753. The van der Waals surface area contributed by atoms with E-state index in [0.29, 0.717) is 24.2 Å². The van der Waals surface area contributed by atoms with E-state index in [1.54, 1.807) is 18.2 Å². The molecule has 0 unspecified atom stereocenters. The Kier molecular flexibility index (Phi) is 3.48. The van der Waals surface area contributed by atoms with Crippen LogP contribution in [0, 0.1) is 6.92 Å². The first kappa shape index (κ1) is 13.8. The van der Waals surface area contributed by atoms with Crippen molar-refractivity contribution in [3.8, 4) is 0 Å². The predicted molar refractivity (Wildman–Crippen MR) is 78.3 cm³/mol. The molecule has 0 aliphatic carbocycles. The summed E-state index contributed by atoms with van der Waals surface area (Å²) < 4.78 is 5.14. The third-order valence-corrected chi connectivity index (χ3v) is 3.64. The lowest BCUT2D eigenvalue weighted by molar-refractivity contribution is -0.117. The van der Waals surface area contributed by atoms with E-state index in [-0.39, 0.29) is 5.91 Å². The van der Waals surface area contributed by atoms with Gasteiger partial charge in [0.25, 0.3) is 0 Å². The number of hydrogen-bond acceptors (Lipinski definition) is 5. The maximum atomic E-state index is 12.1. The van der Waals surface area contributed by atoms with Gasteiger partial charge in [0.1, 0.15) is 5.58 Å². The Morgan fingerprint density at radius 1 is 1.43 bits per heavy atom. The molecular weight excluding hydrogens is 272 g/mol. The van der Waals surface area contributed by atoms with Gasteiger partial charge in [-0.2, -0.15) is 0 Å². The molecule has 6 heteroatoms. The number of carbonyl (C=O) groups is 1. The highest BCUT2D eigenvalue weighted by Gasteiger charge is 2.28. The molecule has 2 atom stereocenters. The van der Waals surface area contributed by atoms with Gasteiger partial charge in [-0.05, 0) is 31.0 Å². The summed E-state index contributed by atoms with van der Waals surface area (Å²) in [6.45, 7) is 2.26. The van der Waals surface area contributed by atoms with E-state index < -0.39 is 17.8 Å². The average Bonchev–Trinajstić information content (AvgIpc) is 2.85. The summed E-state index contributed by atoms with van der Waals surface area (Å²) >= 11 is 0. The van der Waals surface area contributed by atoms with Crippen molar-refractivity contribution in [3.63, 3.8) is 0 Å². The third kappa shape index (κ3) is 2.81. The van der Waals surface area contributed by atoms with Crippen molar-refractivity contribution in [2.24, 2.45) is 0 Å². The normalized spacial score (nSPS) is 21.6. The van der Waals surface area contributed by atoms with Crippen molar-refractivity contribution in [1.29, 1.82) is 0 Å². The van der Waals surface area contributed by atoms with Gasteiger partial charge in [0, 0.05) is 29.8 Å². The molecule has 0 spiro atoms. The first-order valence-corrected chi connectivity index (χ1v) is 6.80. The van der Waals surface area contributed by atoms with Crippen LogP contribution in [0.1, 0.15) is 12.0 Å². The number of aryl methyl sites for hydroxylation is 1. The van der Waals surface area contributed by atoms with Gasteiger partial charge in [-0.25, -0.2) is 4.79 Å². The van der Waals surface area contributed by atoms with Crippen molar-refractivity contribution < 1.29 is 14.3 Å². The monoisotopic (exact) mass is 288 g/mol. The maximum Gasteiger partial charge on any atom is 0.336 e. The summed E-state index contributed by atoms with van der Waals surface area (Å²) in [4.78, 5) is 23.4. The summed E-state index contributed by atoms with van der Waals surface area (Å²) in [5.74, 6) is -0.207. The molecule has 3 N–H and O–H groups in total. The van der Waals surface area contributed by atoms with Gasteiger partial charge in [-0.3, -0.25) is 4.79 Å². The van der Waals surface area contributed by atoms with E-state index >= 15 is 0 Å². The molecule has 1 aromatic carbocycles. The van der Waals surface area contributed by atoms with E-state index in [0.717, 1.165) is 10.9 Å². The molecule has 21 heavy (non-hydrogen) atoms. The number of benzene rings is 1. The number of hydrogen-bond donors (Lipinski definition) is 3. The molecule has 110 valence electrons. The molecule has 3 rings (SSSR count). The Balaban J connectivity index is 1.84. The Morgan fingerprint density at radius 2 is 2.24 bits per heavy atom. The van der Waals surface area contributed by atoms with Crippen molar-refractivity contribution in [3.05, 3.63) is 40.2 Å². The van der Waals surface area contributed by atoms with Crippen molar-refractivity contribution >= 4 is 22.6 Å². The SMILES string of the molecule is Cc1cc(=O)oc2cc(NC(=O)[C@H]3C[C@H](O)CN3)ccc12.